The third-order valence-electron chi connectivity index (χ3n) is 2.95. The molecule has 5 nitrogen and oxygen atoms in total. The molecule has 1 aromatic rings. The van der Waals surface area contributed by atoms with Crippen LogP contribution in [-0.4, -0.2) is 41.4 Å². The number of aromatic hydroxyl groups is 1. The van der Waals surface area contributed by atoms with Crippen molar-refractivity contribution in [1.82, 2.24) is 4.90 Å². The summed E-state index contributed by atoms with van der Waals surface area (Å²) in [7, 11) is 1.49. The van der Waals surface area contributed by atoms with Gasteiger partial charge in [0.1, 0.15) is 11.9 Å². The van der Waals surface area contributed by atoms with E-state index in [1.54, 1.807) is 12.1 Å². The zero-order valence-corrected chi connectivity index (χ0v) is 9.59. The molecule has 0 radical (unpaired) electrons. The van der Waals surface area contributed by atoms with E-state index >= 15 is 0 Å². The number of hydrogen-bond donors (Lipinski definition) is 2. The maximum Gasteiger partial charge on any atom is 0.407 e. The second kappa shape index (κ2) is 4.63. The van der Waals surface area contributed by atoms with E-state index in [4.69, 9.17) is 9.84 Å². The summed E-state index contributed by atoms with van der Waals surface area (Å²) in [6, 6.07) is 5.32. The number of ether oxygens (including phenoxy) is 1. The van der Waals surface area contributed by atoms with Crippen LogP contribution < -0.4 is 0 Å². The van der Waals surface area contributed by atoms with Crippen LogP contribution in [0.25, 0.3) is 0 Å². The lowest BCUT2D eigenvalue weighted by molar-refractivity contribution is 0.0208. The van der Waals surface area contributed by atoms with Crippen LogP contribution in [0.4, 0.5) is 4.79 Å². The summed E-state index contributed by atoms with van der Waals surface area (Å²) in [5, 5.41) is 18.7. The minimum Gasteiger partial charge on any atom is -0.508 e. The number of carbonyl (C=O) groups is 1. The normalized spacial score (nSPS) is 18.5. The molecule has 0 spiro atoms. The van der Waals surface area contributed by atoms with Crippen molar-refractivity contribution >= 4 is 6.09 Å². The van der Waals surface area contributed by atoms with E-state index in [0.29, 0.717) is 12.2 Å². The van der Waals surface area contributed by atoms with Gasteiger partial charge in [0.2, 0.25) is 0 Å². The molecule has 2 rings (SSSR count). The monoisotopic (exact) mass is 237 g/mol. The third-order valence-corrected chi connectivity index (χ3v) is 2.95. The lowest BCUT2D eigenvalue weighted by atomic mass is 9.96. The first-order chi connectivity index (χ1) is 8.09. The number of amides is 1. The Hall–Kier alpha value is -1.75. The van der Waals surface area contributed by atoms with Crippen LogP contribution in [0.1, 0.15) is 17.2 Å². The molecule has 0 bridgehead atoms. The Morgan fingerprint density at radius 2 is 2.35 bits per heavy atom. The number of fused-ring (bicyclic) bond motifs is 1. The molecular formula is C12H15NO4. The number of benzene rings is 1. The number of likely N-dealkylation sites (N-methyl/N-ethyl adjacent to an activating group) is 1. The van der Waals surface area contributed by atoms with Crippen LogP contribution in [0.3, 0.4) is 0 Å². The SMILES string of the molecule is CN(CC1OCCc2cccc(O)c21)C(=O)O. The summed E-state index contributed by atoms with van der Waals surface area (Å²) in [5.41, 5.74) is 1.74. The van der Waals surface area contributed by atoms with Gasteiger partial charge in [-0.05, 0) is 18.1 Å². The zero-order chi connectivity index (χ0) is 12.4. The molecule has 1 aliphatic heterocycles. The quantitative estimate of drug-likeness (QED) is 0.820. The van der Waals surface area contributed by atoms with E-state index in [2.05, 4.69) is 0 Å². The maximum absolute atomic E-state index is 10.8. The molecule has 1 aliphatic rings. The molecule has 0 saturated carbocycles. The van der Waals surface area contributed by atoms with Crippen molar-refractivity contribution in [3.63, 3.8) is 0 Å². The number of nitrogens with zero attached hydrogens (tertiary/aromatic N) is 1. The van der Waals surface area contributed by atoms with Gasteiger partial charge >= 0.3 is 6.09 Å². The van der Waals surface area contributed by atoms with Crippen LogP contribution in [-0.2, 0) is 11.2 Å². The van der Waals surface area contributed by atoms with Gasteiger partial charge in [0.15, 0.2) is 0 Å². The summed E-state index contributed by atoms with van der Waals surface area (Å²) < 4.78 is 5.54. The van der Waals surface area contributed by atoms with E-state index in [1.807, 2.05) is 6.07 Å². The van der Waals surface area contributed by atoms with Crippen LogP contribution in [0, 0.1) is 0 Å². The fraction of sp³-hybridized carbons (Fsp3) is 0.417. The minimum absolute atomic E-state index is 0.172. The van der Waals surface area contributed by atoms with Crippen molar-refractivity contribution in [3.05, 3.63) is 29.3 Å². The molecule has 0 aliphatic carbocycles. The molecule has 1 atom stereocenters. The predicted molar refractivity (Wildman–Crippen MR) is 61.2 cm³/mol. The van der Waals surface area contributed by atoms with Crippen molar-refractivity contribution < 1.29 is 19.7 Å². The molecule has 0 fully saturated rings. The molecule has 1 amide bonds. The summed E-state index contributed by atoms with van der Waals surface area (Å²) >= 11 is 0. The Morgan fingerprint density at radius 1 is 1.59 bits per heavy atom. The Labute approximate surface area is 99.2 Å². The number of phenolic OH excluding ortho intramolecular Hbond substituents is 1. The van der Waals surface area contributed by atoms with Crippen LogP contribution in [0.5, 0.6) is 5.75 Å². The summed E-state index contributed by atoms with van der Waals surface area (Å²) in [4.78, 5) is 11.9. The molecule has 0 saturated heterocycles. The van der Waals surface area contributed by atoms with E-state index in [9.17, 15) is 9.90 Å². The average Bonchev–Trinajstić information content (AvgIpc) is 2.29. The van der Waals surface area contributed by atoms with Gasteiger partial charge in [0.25, 0.3) is 0 Å². The van der Waals surface area contributed by atoms with Crippen LogP contribution in [0.15, 0.2) is 18.2 Å². The highest BCUT2D eigenvalue weighted by molar-refractivity contribution is 5.64. The predicted octanol–water partition coefficient (Wildman–Crippen LogP) is 1.62. The van der Waals surface area contributed by atoms with E-state index in [1.165, 1.54) is 7.05 Å². The standard InChI is InChI=1S/C12H15NO4/c1-13(12(15)16)7-10-11-8(5-6-17-10)3-2-4-9(11)14/h2-4,10,14H,5-7H2,1H3,(H,15,16). The van der Waals surface area contributed by atoms with E-state index in [-0.39, 0.29) is 18.4 Å². The largest absolute Gasteiger partial charge is 0.508 e. The number of hydrogen-bond acceptors (Lipinski definition) is 3. The van der Waals surface area contributed by atoms with Crippen molar-refractivity contribution in [1.29, 1.82) is 0 Å². The van der Waals surface area contributed by atoms with Gasteiger partial charge in [-0.3, -0.25) is 0 Å². The van der Waals surface area contributed by atoms with Crippen LogP contribution in [0.2, 0.25) is 0 Å². The highest BCUT2D eigenvalue weighted by Crippen LogP contribution is 2.34. The van der Waals surface area contributed by atoms with Gasteiger partial charge in [-0.1, -0.05) is 12.1 Å². The lowest BCUT2D eigenvalue weighted by Gasteiger charge is -2.29. The number of rotatable bonds is 2. The minimum atomic E-state index is -1.00. The second-order valence-corrected chi connectivity index (χ2v) is 4.12. The summed E-state index contributed by atoms with van der Waals surface area (Å²) in [6.45, 7) is 0.772. The van der Waals surface area contributed by atoms with Crippen molar-refractivity contribution in [2.45, 2.75) is 12.5 Å². The van der Waals surface area contributed by atoms with Gasteiger partial charge in [-0.25, -0.2) is 4.79 Å². The summed E-state index contributed by atoms with van der Waals surface area (Å²) in [6.07, 6.45) is -0.644. The molecule has 1 unspecified atom stereocenters. The number of carboxylic acid groups (broad SMARTS) is 1. The highest BCUT2D eigenvalue weighted by atomic mass is 16.5. The molecule has 17 heavy (non-hydrogen) atoms. The first kappa shape index (κ1) is 11.7. The van der Waals surface area contributed by atoms with Gasteiger partial charge < -0.3 is 19.8 Å². The zero-order valence-electron chi connectivity index (χ0n) is 9.59. The fourth-order valence-electron chi connectivity index (χ4n) is 2.05. The van der Waals surface area contributed by atoms with Crippen molar-refractivity contribution in [2.24, 2.45) is 0 Å². The molecule has 1 aromatic carbocycles. The smallest absolute Gasteiger partial charge is 0.407 e. The number of phenols is 1. The molecule has 1 heterocycles. The van der Waals surface area contributed by atoms with Gasteiger partial charge in [-0.2, -0.15) is 0 Å². The van der Waals surface area contributed by atoms with Crippen LogP contribution >= 0.6 is 0 Å². The first-order valence-corrected chi connectivity index (χ1v) is 5.46. The Bertz CT molecular complexity index is 433. The van der Waals surface area contributed by atoms with Gasteiger partial charge in [0.05, 0.1) is 13.2 Å². The maximum atomic E-state index is 10.8. The summed E-state index contributed by atoms with van der Waals surface area (Å²) in [5.74, 6) is 0.172. The topological polar surface area (TPSA) is 70.0 Å². The van der Waals surface area contributed by atoms with Gasteiger partial charge in [0, 0.05) is 12.6 Å². The van der Waals surface area contributed by atoms with Crippen molar-refractivity contribution in [2.75, 3.05) is 20.2 Å². The molecule has 92 valence electrons. The molecule has 0 aromatic heterocycles. The Balaban J connectivity index is 2.25. The lowest BCUT2D eigenvalue weighted by Crippen LogP contribution is -2.32. The fourth-order valence-corrected chi connectivity index (χ4v) is 2.05. The Kier molecular flexibility index (Phi) is 3.19. The van der Waals surface area contributed by atoms with E-state index in [0.717, 1.165) is 16.9 Å². The molecular weight excluding hydrogens is 222 g/mol. The highest BCUT2D eigenvalue weighted by Gasteiger charge is 2.26. The first-order valence-electron chi connectivity index (χ1n) is 5.46. The molecule has 5 heteroatoms. The molecule has 2 N–H and O–H groups in total. The third kappa shape index (κ3) is 2.34. The second-order valence-electron chi connectivity index (χ2n) is 4.12. The average molecular weight is 237 g/mol. The van der Waals surface area contributed by atoms with Crippen molar-refractivity contribution in [3.8, 4) is 5.75 Å². The van der Waals surface area contributed by atoms with Gasteiger partial charge in [-0.15, -0.1) is 0 Å². The Morgan fingerprint density at radius 3 is 3.06 bits per heavy atom. The van der Waals surface area contributed by atoms with E-state index < -0.39 is 6.09 Å².